The van der Waals surface area contributed by atoms with Crippen LogP contribution < -0.4 is 9.80 Å². The molecule has 3 heteroatoms. The van der Waals surface area contributed by atoms with Gasteiger partial charge in [-0.25, -0.2) is 0 Å². The van der Waals surface area contributed by atoms with E-state index < -0.39 is 5.41 Å². The number of hydrogen-bond acceptors (Lipinski definition) is 3. The average Bonchev–Trinajstić information content (AvgIpc) is 3.91. The number of nitrogens with zero attached hydrogens (tertiary/aromatic N) is 2. The molecule has 0 fully saturated rings. The van der Waals surface area contributed by atoms with Crippen molar-refractivity contribution in [3.63, 3.8) is 0 Å². The van der Waals surface area contributed by atoms with Crippen molar-refractivity contribution >= 4 is 65.6 Å². The van der Waals surface area contributed by atoms with Gasteiger partial charge in [-0.2, -0.15) is 0 Å². The van der Waals surface area contributed by atoms with Gasteiger partial charge in [-0.1, -0.05) is 159 Å². The fourth-order valence-electron chi connectivity index (χ4n) is 11.3. The first-order chi connectivity index (χ1) is 30.0. The molecule has 0 atom stereocenters. The van der Waals surface area contributed by atoms with E-state index >= 15 is 0 Å². The van der Waals surface area contributed by atoms with E-state index in [4.69, 9.17) is 0 Å². The van der Waals surface area contributed by atoms with Crippen molar-refractivity contribution < 1.29 is 0 Å². The van der Waals surface area contributed by atoms with E-state index in [1.807, 2.05) is 11.3 Å². The Balaban J connectivity index is 1.10. The number of rotatable bonds is 4. The molecule has 0 saturated carbocycles. The van der Waals surface area contributed by atoms with Crippen molar-refractivity contribution in [1.82, 2.24) is 0 Å². The molecule has 2 nitrogen and oxygen atoms in total. The maximum atomic E-state index is 2.55. The van der Waals surface area contributed by atoms with E-state index in [9.17, 15) is 0 Å². The summed E-state index contributed by atoms with van der Waals surface area (Å²) in [4.78, 5) is 5.00. The molecular weight excluding hydrogens is 757 g/mol. The molecule has 3 aliphatic rings. The second-order valence-electron chi connectivity index (χ2n) is 17.2. The van der Waals surface area contributed by atoms with Gasteiger partial charge in [0, 0.05) is 37.9 Å². The van der Waals surface area contributed by atoms with Gasteiger partial charge in [0.2, 0.25) is 0 Å². The summed E-state index contributed by atoms with van der Waals surface area (Å²) in [6, 6.07) is 77.3. The van der Waals surface area contributed by atoms with Crippen LogP contribution in [-0.4, -0.2) is 0 Å². The fraction of sp³-hybridized carbons (Fsp3) is 0.0690. The summed E-state index contributed by atoms with van der Waals surface area (Å²) < 4.78 is 2.59. The zero-order valence-electron chi connectivity index (χ0n) is 33.9. The normalized spacial score (nSPS) is 14.6. The molecule has 0 N–H and O–H groups in total. The first-order valence-corrected chi connectivity index (χ1v) is 22.1. The third-order valence-corrected chi connectivity index (χ3v) is 15.1. The Morgan fingerprint density at radius 3 is 1.66 bits per heavy atom. The van der Waals surface area contributed by atoms with E-state index in [2.05, 4.69) is 230 Å². The second kappa shape index (κ2) is 12.7. The summed E-state index contributed by atoms with van der Waals surface area (Å²) in [6.45, 7) is 4.76. The maximum absolute atomic E-state index is 2.55. The number of anilines is 6. The quantitative estimate of drug-likeness (QED) is 0.175. The molecule has 0 radical (unpaired) electrons. The number of fused-ring (bicyclic) bond motifs is 15. The van der Waals surface area contributed by atoms with Gasteiger partial charge >= 0.3 is 0 Å². The third-order valence-electron chi connectivity index (χ3n) is 13.8. The van der Waals surface area contributed by atoms with Gasteiger partial charge in [-0.3, -0.25) is 0 Å². The first-order valence-electron chi connectivity index (χ1n) is 21.3. The van der Waals surface area contributed by atoms with Crippen molar-refractivity contribution in [1.29, 1.82) is 0 Å². The fourth-order valence-corrected chi connectivity index (χ4v) is 12.5. The van der Waals surface area contributed by atoms with E-state index in [1.165, 1.54) is 92.9 Å². The predicted molar refractivity (Wildman–Crippen MR) is 257 cm³/mol. The first kappa shape index (κ1) is 34.6. The third kappa shape index (κ3) is 4.62. The molecule has 61 heavy (non-hydrogen) atoms. The molecular formula is C58H40N2S. The lowest BCUT2D eigenvalue weighted by molar-refractivity contribution is 0.660. The van der Waals surface area contributed by atoms with Gasteiger partial charge < -0.3 is 9.80 Å². The number of benzene rings is 9. The minimum absolute atomic E-state index is 0.138. The van der Waals surface area contributed by atoms with Crippen molar-refractivity contribution in [2.45, 2.75) is 24.7 Å². The summed E-state index contributed by atoms with van der Waals surface area (Å²) >= 11 is 1.89. The van der Waals surface area contributed by atoms with Crippen LogP contribution in [0.4, 0.5) is 34.1 Å². The van der Waals surface area contributed by atoms with E-state index in [1.54, 1.807) is 0 Å². The van der Waals surface area contributed by atoms with Gasteiger partial charge in [0.25, 0.3) is 0 Å². The molecule has 2 heterocycles. The highest BCUT2D eigenvalue weighted by Crippen LogP contribution is 2.64. The second-order valence-corrected chi connectivity index (χ2v) is 18.3. The van der Waals surface area contributed by atoms with Crippen LogP contribution in [0.3, 0.4) is 0 Å². The highest BCUT2D eigenvalue weighted by Gasteiger charge is 2.52. The zero-order chi connectivity index (χ0) is 40.5. The summed E-state index contributed by atoms with van der Waals surface area (Å²) in [7, 11) is 0. The highest BCUT2D eigenvalue weighted by molar-refractivity contribution is 7.26. The van der Waals surface area contributed by atoms with Crippen LogP contribution >= 0.6 is 11.3 Å². The summed E-state index contributed by atoms with van der Waals surface area (Å²) in [5.74, 6) is 0. The smallest absolute Gasteiger partial charge is 0.0755 e. The van der Waals surface area contributed by atoms with E-state index in [0.29, 0.717) is 0 Å². The summed E-state index contributed by atoms with van der Waals surface area (Å²) in [5.41, 5.74) is 19.5. The lowest BCUT2D eigenvalue weighted by Gasteiger charge is -2.45. The van der Waals surface area contributed by atoms with Gasteiger partial charge in [0.05, 0.1) is 27.2 Å². The molecule has 1 aliphatic heterocycles. The van der Waals surface area contributed by atoms with Crippen LogP contribution in [-0.2, 0) is 10.8 Å². The minimum Gasteiger partial charge on any atom is -0.310 e. The van der Waals surface area contributed by atoms with Crippen LogP contribution in [0.2, 0.25) is 0 Å². The Morgan fingerprint density at radius 2 is 0.934 bits per heavy atom. The Labute approximate surface area is 360 Å². The Kier molecular flexibility index (Phi) is 7.19. The Hall–Kier alpha value is -7.20. The van der Waals surface area contributed by atoms with Gasteiger partial charge in [0.1, 0.15) is 0 Å². The molecule has 9 aromatic carbocycles. The van der Waals surface area contributed by atoms with Crippen LogP contribution in [0.15, 0.2) is 206 Å². The maximum Gasteiger partial charge on any atom is 0.0755 e. The lowest BCUT2D eigenvalue weighted by Crippen LogP contribution is -2.36. The van der Waals surface area contributed by atoms with Gasteiger partial charge in [-0.05, 0) is 116 Å². The lowest BCUT2D eigenvalue weighted by atomic mass is 9.64. The van der Waals surface area contributed by atoms with Crippen molar-refractivity contribution in [3.05, 3.63) is 240 Å². The number of para-hydroxylation sites is 3. The number of thiophene rings is 1. The van der Waals surface area contributed by atoms with E-state index in [0.717, 1.165) is 17.1 Å². The largest absolute Gasteiger partial charge is 0.310 e. The van der Waals surface area contributed by atoms with Gasteiger partial charge in [-0.15, -0.1) is 11.3 Å². The number of hydrogen-bond donors (Lipinski definition) is 0. The Bertz CT molecular complexity index is 3380. The van der Waals surface area contributed by atoms with Crippen LogP contribution in [0, 0.1) is 0 Å². The molecule has 13 rings (SSSR count). The van der Waals surface area contributed by atoms with Crippen LogP contribution in [0.1, 0.15) is 47.2 Å². The zero-order valence-corrected chi connectivity index (χ0v) is 34.7. The molecule has 0 unspecified atom stereocenters. The molecule has 2 aliphatic carbocycles. The summed E-state index contributed by atoms with van der Waals surface area (Å²) in [6.07, 6.45) is 0. The monoisotopic (exact) mass is 796 g/mol. The van der Waals surface area contributed by atoms with Crippen LogP contribution in [0.25, 0.3) is 42.4 Å². The molecule has 0 bridgehead atoms. The topological polar surface area (TPSA) is 6.48 Å². The van der Waals surface area contributed by atoms with Crippen LogP contribution in [0.5, 0.6) is 0 Å². The highest BCUT2D eigenvalue weighted by atomic mass is 32.1. The minimum atomic E-state index is -0.558. The van der Waals surface area contributed by atoms with Gasteiger partial charge in [0.15, 0.2) is 0 Å². The van der Waals surface area contributed by atoms with Crippen molar-refractivity contribution in [2.24, 2.45) is 0 Å². The summed E-state index contributed by atoms with van der Waals surface area (Å²) in [5, 5.41) is 2.59. The molecule has 0 saturated heterocycles. The SMILES string of the molecule is CC1(C)c2ccccc2-c2ccc(N(c3ccc4c(c3)C3(c5ccccc5-4)c4ccccc4N(c4ccccc4)c4ccccc43)c3cccc4c3sc3ccccc34)cc21. The predicted octanol–water partition coefficient (Wildman–Crippen LogP) is 16.0. The van der Waals surface area contributed by atoms with Crippen molar-refractivity contribution in [3.8, 4) is 22.3 Å². The standard InChI is InChI=1S/C58H40N2S/c1-57(2)46-23-9-6-19-40(46)42-33-31-38(35-50(42)57)59(54-29-16-22-45-44-21-8-15-30-55(44)61-56(45)54)39-32-34-43-41-20-7-10-24-47(41)58(51(43)36-39)48-25-11-13-27-52(48)60(37-17-4-3-5-18-37)53-28-14-12-26-49(53)58/h3-36H,1-2H3. The van der Waals surface area contributed by atoms with Crippen molar-refractivity contribution in [2.75, 3.05) is 9.80 Å². The molecule has 10 aromatic rings. The average molecular weight is 797 g/mol. The molecule has 1 aromatic heterocycles. The van der Waals surface area contributed by atoms with E-state index in [-0.39, 0.29) is 5.41 Å². The molecule has 0 amide bonds. The molecule has 1 spiro atoms. The Morgan fingerprint density at radius 1 is 0.410 bits per heavy atom. The molecule has 288 valence electrons.